The van der Waals surface area contributed by atoms with E-state index < -0.39 is 5.97 Å². The molecule has 0 spiro atoms. The van der Waals surface area contributed by atoms with Crippen LogP contribution in [-0.2, 0) is 4.74 Å². The van der Waals surface area contributed by atoms with Gasteiger partial charge in [0.15, 0.2) is 5.69 Å². The van der Waals surface area contributed by atoms with Crippen molar-refractivity contribution in [3.8, 4) is 0 Å². The number of ether oxygens (including phenoxy) is 1. The molecule has 6 nitrogen and oxygen atoms in total. The van der Waals surface area contributed by atoms with Crippen LogP contribution in [0.15, 0.2) is 12.4 Å². The average molecular weight is 262 g/mol. The van der Waals surface area contributed by atoms with Crippen molar-refractivity contribution in [1.82, 2.24) is 15.3 Å². The highest BCUT2D eigenvalue weighted by atomic mass is 16.5. The molecular formula is C13H18N4O2. The molecule has 3 unspecified atom stereocenters. The zero-order chi connectivity index (χ0) is 13.4. The van der Waals surface area contributed by atoms with Crippen LogP contribution in [0, 0.1) is 11.8 Å². The molecule has 3 rings (SSSR count). The van der Waals surface area contributed by atoms with Crippen LogP contribution >= 0.6 is 0 Å². The van der Waals surface area contributed by atoms with Crippen molar-refractivity contribution in [3.63, 3.8) is 0 Å². The third-order valence-electron chi connectivity index (χ3n) is 4.25. The quantitative estimate of drug-likeness (QED) is 0.774. The van der Waals surface area contributed by atoms with E-state index in [-0.39, 0.29) is 5.69 Å². The summed E-state index contributed by atoms with van der Waals surface area (Å²) in [4.78, 5) is 22.2. The second kappa shape index (κ2) is 4.77. The number of methoxy groups -OCH3 is 1. The third kappa shape index (κ3) is 2.06. The molecule has 1 aromatic heterocycles. The van der Waals surface area contributed by atoms with Crippen molar-refractivity contribution in [2.45, 2.75) is 13.0 Å². The second-order valence-corrected chi connectivity index (χ2v) is 5.23. The summed E-state index contributed by atoms with van der Waals surface area (Å²) in [7, 11) is 1.35. The Labute approximate surface area is 112 Å². The number of nitrogens with one attached hydrogen (secondary N) is 1. The summed E-state index contributed by atoms with van der Waals surface area (Å²) in [5.74, 6) is 1.65. The van der Waals surface area contributed by atoms with Gasteiger partial charge in [0.05, 0.1) is 19.5 Å². The molecule has 3 heterocycles. The predicted octanol–water partition coefficient (Wildman–Crippen LogP) is 0.307. The van der Waals surface area contributed by atoms with Gasteiger partial charge in [-0.1, -0.05) is 0 Å². The minimum absolute atomic E-state index is 0.266. The number of rotatable bonds is 2. The molecule has 0 aliphatic carbocycles. The monoisotopic (exact) mass is 262 g/mol. The smallest absolute Gasteiger partial charge is 0.358 e. The van der Waals surface area contributed by atoms with Crippen LogP contribution in [0.1, 0.15) is 17.4 Å². The first-order valence-corrected chi connectivity index (χ1v) is 6.58. The van der Waals surface area contributed by atoms with Gasteiger partial charge in [-0.05, 0) is 18.8 Å². The van der Waals surface area contributed by atoms with E-state index in [2.05, 4.69) is 31.8 Å². The topological polar surface area (TPSA) is 67.3 Å². The number of fused-ring (bicyclic) bond motifs is 1. The molecular weight excluding hydrogens is 244 g/mol. The fraction of sp³-hybridized carbons (Fsp3) is 0.615. The highest BCUT2D eigenvalue weighted by Crippen LogP contribution is 2.34. The fourth-order valence-electron chi connectivity index (χ4n) is 3.17. The number of hydrogen-bond donors (Lipinski definition) is 1. The summed E-state index contributed by atoms with van der Waals surface area (Å²) < 4.78 is 4.69. The van der Waals surface area contributed by atoms with Gasteiger partial charge in [0.2, 0.25) is 0 Å². The molecule has 2 saturated heterocycles. The van der Waals surface area contributed by atoms with Crippen LogP contribution in [0.3, 0.4) is 0 Å². The fourth-order valence-corrected chi connectivity index (χ4v) is 3.17. The van der Waals surface area contributed by atoms with Crippen molar-refractivity contribution in [2.24, 2.45) is 11.8 Å². The van der Waals surface area contributed by atoms with Gasteiger partial charge < -0.3 is 15.0 Å². The van der Waals surface area contributed by atoms with E-state index in [1.54, 1.807) is 6.20 Å². The van der Waals surface area contributed by atoms with Crippen molar-refractivity contribution < 1.29 is 9.53 Å². The van der Waals surface area contributed by atoms with Crippen molar-refractivity contribution in [2.75, 3.05) is 31.6 Å². The number of carbonyl (C=O) groups excluding carboxylic acids is 1. The zero-order valence-corrected chi connectivity index (χ0v) is 11.2. The van der Waals surface area contributed by atoms with Crippen molar-refractivity contribution in [3.05, 3.63) is 18.1 Å². The van der Waals surface area contributed by atoms with Gasteiger partial charge >= 0.3 is 5.97 Å². The van der Waals surface area contributed by atoms with Crippen LogP contribution in [0.2, 0.25) is 0 Å². The van der Waals surface area contributed by atoms with Crippen LogP contribution in [-0.4, -0.2) is 48.7 Å². The Morgan fingerprint density at radius 1 is 1.47 bits per heavy atom. The van der Waals surface area contributed by atoms with Gasteiger partial charge in [-0.25, -0.2) is 9.78 Å². The lowest BCUT2D eigenvalue weighted by atomic mass is 9.95. The van der Waals surface area contributed by atoms with Crippen LogP contribution in [0.5, 0.6) is 0 Å². The first-order valence-electron chi connectivity index (χ1n) is 6.58. The Morgan fingerprint density at radius 2 is 2.32 bits per heavy atom. The molecule has 102 valence electrons. The summed E-state index contributed by atoms with van der Waals surface area (Å²) in [6.45, 7) is 5.31. The number of anilines is 1. The number of aromatic nitrogens is 2. The van der Waals surface area contributed by atoms with E-state index in [4.69, 9.17) is 0 Å². The maximum atomic E-state index is 11.5. The van der Waals surface area contributed by atoms with E-state index >= 15 is 0 Å². The van der Waals surface area contributed by atoms with E-state index in [0.717, 1.165) is 25.5 Å². The summed E-state index contributed by atoms with van der Waals surface area (Å²) in [5, 5.41) is 3.43. The zero-order valence-electron chi connectivity index (χ0n) is 11.2. The molecule has 0 saturated carbocycles. The lowest BCUT2D eigenvalue weighted by Crippen LogP contribution is -2.34. The summed E-state index contributed by atoms with van der Waals surface area (Å²) in [6, 6.07) is 0.419. The average Bonchev–Trinajstić information content (AvgIpc) is 3.01. The molecule has 0 aromatic carbocycles. The molecule has 1 N–H and O–H groups in total. The molecule has 2 fully saturated rings. The number of esters is 1. The van der Waals surface area contributed by atoms with Gasteiger partial charge in [-0.2, -0.15) is 0 Å². The maximum absolute atomic E-state index is 11.5. The molecule has 6 heteroatoms. The third-order valence-corrected chi connectivity index (χ3v) is 4.25. The largest absolute Gasteiger partial charge is 0.464 e. The summed E-state index contributed by atoms with van der Waals surface area (Å²) in [6.07, 6.45) is 3.16. The minimum Gasteiger partial charge on any atom is -0.464 e. The molecule has 2 aliphatic rings. The molecule has 2 aliphatic heterocycles. The van der Waals surface area contributed by atoms with E-state index in [9.17, 15) is 4.79 Å². The van der Waals surface area contributed by atoms with Gasteiger partial charge in [0.1, 0.15) is 5.82 Å². The Hall–Kier alpha value is -1.69. The van der Waals surface area contributed by atoms with E-state index in [1.165, 1.54) is 13.3 Å². The SMILES string of the molecule is COC(=O)c1cncc(N2CC3CNCC3C2C)n1. The van der Waals surface area contributed by atoms with Crippen molar-refractivity contribution in [1.29, 1.82) is 0 Å². The van der Waals surface area contributed by atoms with Crippen LogP contribution < -0.4 is 10.2 Å². The van der Waals surface area contributed by atoms with E-state index in [1.807, 2.05) is 0 Å². The normalized spacial score (nSPS) is 29.4. The molecule has 1 aromatic rings. The number of nitrogens with zero attached hydrogens (tertiary/aromatic N) is 3. The van der Waals surface area contributed by atoms with Crippen molar-refractivity contribution >= 4 is 11.8 Å². The van der Waals surface area contributed by atoms with Gasteiger partial charge in [-0.15, -0.1) is 0 Å². The second-order valence-electron chi connectivity index (χ2n) is 5.23. The first kappa shape index (κ1) is 12.3. The highest BCUT2D eigenvalue weighted by Gasteiger charge is 2.42. The number of carbonyl (C=O) groups is 1. The lowest BCUT2D eigenvalue weighted by Gasteiger charge is -2.25. The lowest BCUT2D eigenvalue weighted by molar-refractivity contribution is 0.0593. The molecule has 0 radical (unpaired) electrons. The first-order chi connectivity index (χ1) is 9.20. The van der Waals surface area contributed by atoms with Gasteiger partial charge in [-0.3, -0.25) is 4.98 Å². The molecule has 3 atom stereocenters. The maximum Gasteiger partial charge on any atom is 0.358 e. The highest BCUT2D eigenvalue weighted by molar-refractivity contribution is 5.87. The van der Waals surface area contributed by atoms with Crippen LogP contribution in [0.4, 0.5) is 5.82 Å². The predicted molar refractivity (Wildman–Crippen MR) is 70.0 cm³/mol. The van der Waals surface area contributed by atoms with E-state index in [0.29, 0.717) is 17.9 Å². The molecule has 0 amide bonds. The summed E-state index contributed by atoms with van der Waals surface area (Å²) >= 11 is 0. The Bertz CT molecular complexity index is 493. The minimum atomic E-state index is -0.442. The standard InChI is InChI=1S/C13H18N4O2/c1-8-10-4-14-3-9(10)7-17(8)12-6-15-5-11(16-12)13(18)19-2/h5-6,8-10,14H,3-4,7H2,1-2H3. The summed E-state index contributed by atoms with van der Waals surface area (Å²) in [5.41, 5.74) is 0.266. The molecule has 19 heavy (non-hydrogen) atoms. The van der Waals surface area contributed by atoms with Gasteiger partial charge in [0.25, 0.3) is 0 Å². The number of hydrogen-bond acceptors (Lipinski definition) is 6. The van der Waals surface area contributed by atoms with Gasteiger partial charge in [0, 0.05) is 25.7 Å². The Balaban J connectivity index is 1.85. The Kier molecular flexibility index (Phi) is 3.10. The molecule has 0 bridgehead atoms. The Morgan fingerprint density at radius 3 is 3.05 bits per heavy atom. The van der Waals surface area contributed by atoms with Crippen LogP contribution in [0.25, 0.3) is 0 Å².